The summed E-state index contributed by atoms with van der Waals surface area (Å²) >= 11 is 0. The van der Waals surface area contributed by atoms with Crippen LogP contribution in [-0.2, 0) is 0 Å². The number of aliphatic hydroxyl groups is 1. The lowest BCUT2D eigenvalue weighted by Crippen LogP contribution is -2.38. The molecule has 0 bridgehead atoms. The van der Waals surface area contributed by atoms with Crippen molar-refractivity contribution in [1.29, 1.82) is 0 Å². The molecule has 0 aromatic rings. The van der Waals surface area contributed by atoms with Crippen molar-refractivity contribution >= 4 is 0 Å². The summed E-state index contributed by atoms with van der Waals surface area (Å²) in [5, 5.41) is 12.0. The van der Waals surface area contributed by atoms with E-state index in [0.717, 1.165) is 26.2 Å². The van der Waals surface area contributed by atoms with Crippen molar-refractivity contribution in [3.63, 3.8) is 0 Å². The Morgan fingerprint density at radius 1 is 1.33 bits per heavy atom. The van der Waals surface area contributed by atoms with Crippen LogP contribution in [0.25, 0.3) is 0 Å². The topological polar surface area (TPSA) is 35.5 Å². The van der Waals surface area contributed by atoms with Gasteiger partial charge in [0.25, 0.3) is 0 Å². The van der Waals surface area contributed by atoms with Crippen molar-refractivity contribution < 1.29 is 5.11 Å². The van der Waals surface area contributed by atoms with Gasteiger partial charge < -0.3 is 10.4 Å². The van der Waals surface area contributed by atoms with E-state index < -0.39 is 0 Å². The van der Waals surface area contributed by atoms with Crippen molar-refractivity contribution in [2.24, 2.45) is 0 Å². The minimum atomic E-state index is 0.254. The van der Waals surface area contributed by atoms with E-state index in [9.17, 15) is 0 Å². The number of nitrogens with one attached hydrogen (secondary N) is 1. The molecule has 2 N–H and O–H groups in total. The van der Waals surface area contributed by atoms with E-state index >= 15 is 0 Å². The summed E-state index contributed by atoms with van der Waals surface area (Å²) in [5.41, 5.74) is 0. The van der Waals surface area contributed by atoms with E-state index in [1.54, 1.807) is 0 Å². The summed E-state index contributed by atoms with van der Waals surface area (Å²) in [6.45, 7) is 10.5. The molecule has 3 nitrogen and oxygen atoms in total. The maximum atomic E-state index is 8.78. The van der Waals surface area contributed by atoms with Gasteiger partial charge in [-0.15, -0.1) is 0 Å². The summed E-state index contributed by atoms with van der Waals surface area (Å²) in [6.07, 6.45) is 0. The normalized spacial score (nSPS) is 11.5. The Labute approximate surface area is 75.8 Å². The fourth-order valence-electron chi connectivity index (χ4n) is 1.16. The van der Waals surface area contributed by atoms with Crippen LogP contribution in [-0.4, -0.2) is 48.8 Å². The molecule has 0 amide bonds. The monoisotopic (exact) mass is 174 g/mol. The molecule has 0 unspecified atom stereocenters. The third kappa shape index (κ3) is 5.52. The molecule has 0 aromatic heterocycles. The summed E-state index contributed by atoms with van der Waals surface area (Å²) in [7, 11) is 0. The molecule has 0 aliphatic carbocycles. The zero-order chi connectivity index (χ0) is 9.40. The number of hydrogen-bond acceptors (Lipinski definition) is 3. The second kappa shape index (κ2) is 7.53. The Bertz CT molecular complexity index is 96.5. The van der Waals surface area contributed by atoms with Gasteiger partial charge in [-0.2, -0.15) is 0 Å². The molecule has 0 saturated heterocycles. The number of nitrogens with zero attached hydrogens (tertiary/aromatic N) is 1. The van der Waals surface area contributed by atoms with Gasteiger partial charge in [0.05, 0.1) is 6.61 Å². The number of likely N-dealkylation sites (N-methyl/N-ethyl adjacent to an activating group) is 1. The minimum absolute atomic E-state index is 0.254. The highest BCUT2D eigenvalue weighted by atomic mass is 16.3. The Hall–Kier alpha value is -0.120. The van der Waals surface area contributed by atoms with Crippen molar-refractivity contribution in [1.82, 2.24) is 10.2 Å². The van der Waals surface area contributed by atoms with E-state index in [-0.39, 0.29) is 6.61 Å². The lowest BCUT2D eigenvalue weighted by atomic mass is 10.3. The fraction of sp³-hybridized carbons (Fsp3) is 1.00. The Kier molecular flexibility index (Phi) is 7.45. The van der Waals surface area contributed by atoms with Crippen LogP contribution in [0.15, 0.2) is 0 Å². The molecule has 0 fully saturated rings. The first kappa shape index (κ1) is 11.9. The van der Waals surface area contributed by atoms with Crippen molar-refractivity contribution in [2.75, 3.05) is 32.8 Å². The molecule has 0 aliphatic rings. The second-order valence-corrected chi connectivity index (χ2v) is 3.21. The smallest absolute Gasteiger partial charge is 0.0558 e. The molecular formula is C9H22N2O. The Balaban J connectivity index is 3.49. The first-order valence-corrected chi connectivity index (χ1v) is 4.78. The highest BCUT2D eigenvalue weighted by Gasteiger charge is 2.06. The van der Waals surface area contributed by atoms with Gasteiger partial charge in [-0.25, -0.2) is 0 Å². The molecular weight excluding hydrogens is 152 g/mol. The summed E-state index contributed by atoms with van der Waals surface area (Å²) in [6, 6.07) is 0.524. The van der Waals surface area contributed by atoms with Gasteiger partial charge in [-0.05, 0) is 20.4 Å². The van der Waals surface area contributed by atoms with E-state index in [1.807, 2.05) is 0 Å². The van der Waals surface area contributed by atoms with Gasteiger partial charge in [0, 0.05) is 25.7 Å². The Morgan fingerprint density at radius 2 is 2.00 bits per heavy atom. The highest BCUT2D eigenvalue weighted by Crippen LogP contribution is 1.95. The number of aliphatic hydroxyl groups excluding tert-OH is 1. The maximum absolute atomic E-state index is 8.78. The van der Waals surface area contributed by atoms with Crippen molar-refractivity contribution in [2.45, 2.75) is 26.8 Å². The predicted octanol–water partition coefficient (Wildman–Crippen LogP) is 0.299. The minimum Gasteiger partial charge on any atom is -0.395 e. The maximum Gasteiger partial charge on any atom is 0.0558 e. The summed E-state index contributed by atoms with van der Waals surface area (Å²) in [4.78, 5) is 2.27. The van der Waals surface area contributed by atoms with Gasteiger partial charge in [0.1, 0.15) is 0 Å². The highest BCUT2D eigenvalue weighted by molar-refractivity contribution is 4.63. The molecule has 3 heteroatoms. The van der Waals surface area contributed by atoms with E-state index in [0.29, 0.717) is 6.04 Å². The van der Waals surface area contributed by atoms with Gasteiger partial charge in [0.2, 0.25) is 0 Å². The van der Waals surface area contributed by atoms with Crippen LogP contribution in [0.2, 0.25) is 0 Å². The van der Waals surface area contributed by atoms with Crippen LogP contribution in [0.3, 0.4) is 0 Å². The zero-order valence-corrected chi connectivity index (χ0v) is 8.51. The molecule has 12 heavy (non-hydrogen) atoms. The van der Waals surface area contributed by atoms with E-state index in [4.69, 9.17) is 5.11 Å². The first-order valence-electron chi connectivity index (χ1n) is 4.78. The van der Waals surface area contributed by atoms with Gasteiger partial charge in [0.15, 0.2) is 0 Å². The van der Waals surface area contributed by atoms with Gasteiger partial charge in [-0.1, -0.05) is 6.92 Å². The number of rotatable bonds is 7. The van der Waals surface area contributed by atoms with Crippen molar-refractivity contribution in [3.8, 4) is 0 Å². The molecule has 0 heterocycles. The predicted molar refractivity (Wildman–Crippen MR) is 52.3 cm³/mol. The number of hydrogen-bond donors (Lipinski definition) is 2. The fourth-order valence-corrected chi connectivity index (χ4v) is 1.16. The molecule has 0 aliphatic heterocycles. The largest absolute Gasteiger partial charge is 0.395 e. The van der Waals surface area contributed by atoms with Crippen LogP contribution in [0, 0.1) is 0 Å². The first-order chi connectivity index (χ1) is 5.72. The molecule has 0 rings (SSSR count). The lowest BCUT2D eigenvalue weighted by molar-refractivity contribution is 0.167. The molecule has 0 spiro atoms. The molecule has 74 valence electrons. The third-order valence-electron chi connectivity index (χ3n) is 1.94. The van der Waals surface area contributed by atoms with E-state index in [1.165, 1.54) is 0 Å². The third-order valence-corrected chi connectivity index (χ3v) is 1.94. The molecule has 0 saturated carbocycles. The molecule has 0 atom stereocenters. The van der Waals surface area contributed by atoms with Gasteiger partial charge >= 0.3 is 0 Å². The molecule has 0 radical (unpaired) electrons. The SMILES string of the molecule is CCNCCN(CCO)C(C)C. The quantitative estimate of drug-likeness (QED) is 0.545. The average molecular weight is 174 g/mol. The standard InChI is InChI=1S/C9H22N2O/c1-4-10-5-6-11(7-8-12)9(2)3/h9-10,12H,4-8H2,1-3H3. The lowest BCUT2D eigenvalue weighted by Gasteiger charge is -2.25. The van der Waals surface area contributed by atoms with Crippen LogP contribution in [0.1, 0.15) is 20.8 Å². The van der Waals surface area contributed by atoms with Crippen LogP contribution >= 0.6 is 0 Å². The van der Waals surface area contributed by atoms with Crippen molar-refractivity contribution in [3.05, 3.63) is 0 Å². The van der Waals surface area contributed by atoms with Crippen LogP contribution < -0.4 is 5.32 Å². The van der Waals surface area contributed by atoms with Crippen LogP contribution in [0.5, 0.6) is 0 Å². The summed E-state index contributed by atoms with van der Waals surface area (Å²) in [5.74, 6) is 0. The Morgan fingerprint density at radius 3 is 2.42 bits per heavy atom. The summed E-state index contributed by atoms with van der Waals surface area (Å²) < 4.78 is 0. The second-order valence-electron chi connectivity index (χ2n) is 3.21. The average Bonchev–Trinajstić information content (AvgIpc) is 2.03. The zero-order valence-electron chi connectivity index (χ0n) is 8.51. The van der Waals surface area contributed by atoms with E-state index in [2.05, 4.69) is 31.0 Å². The molecule has 0 aromatic carbocycles. The van der Waals surface area contributed by atoms with Crippen LogP contribution in [0.4, 0.5) is 0 Å². The van der Waals surface area contributed by atoms with Gasteiger partial charge in [-0.3, -0.25) is 4.90 Å².